The van der Waals surface area contributed by atoms with Crippen LogP contribution in [0.15, 0.2) is 46.9 Å². The molecule has 3 aromatic rings. The Labute approximate surface area is 130 Å². The molecule has 0 saturated carbocycles. The van der Waals surface area contributed by atoms with E-state index in [4.69, 9.17) is 12.2 Å². The Morgan fingerprint density at radius 2 is 2.10 bits per heavy atom. The standard InChI is InChI=1S/C16H13BrN2S/c17-12-5-6-14-15(8-12)19(16(20)18-14)9-11-7-10-3-1-2-4-13(10)11/h1-6,8,11H,7,9H2,(H,18,20). The summed E-state index contributed by atoms with van der Waals surface area (Å²) in [6, 6.07) is 14.9. The summed E-state index contributed by atoms with van der Waals surface area (Å²) < 4.78 is 4.11. The lowest BCUT2D eigenvalue weighted by Gasteiger charge is -2.30. The second-order valence-corrected chi connectivity index (χ2v) is 6.60. The van der Waals surface area contributed by atoms with Gasteiger partial charge in [0.2, 0.25) is 0 Å². The Balaban J connectivity index is 1.75. The van der Waals surface area contributed by atoms with E-state index < -0.39 is 0 Å². The molecule has 1 aliphatic carbocycles. The molecule has 2 nitrogen and oxygen atoms in total. The van der Waals surface area contributed by atoms with E-state index in [1.165, 1.54) is 16.6 Å². The minimum absolute atomic E-state index is 0.580. The van der Waals surface area contributed by atoms with Gasteiger partial charge in [-0.15, -0.1) is 0 Å². The lowest BCUT2D eigenvalue weighted by Crippen LogP contribution is -2.21. The topological polar surface area (TPSA) is 20.7 Å². The maximum Gasteiger partial charge on any atom is 0.178 e. The molecule has 0 aliphatic heterocycles. The molecular formula is C16H13BrN2S. The van der Waals surface area contributed by atoms with Gasteiger partial charge in [0.1, 0.15) is 0 Å². The number of hydrogen-bond donors (Lipinski definition) is 1. The number of hydrogen-bond acceptors (Lipinski definition) is 1. The molecule has 1 unspecified atom stereocenters. The zero-order chi connectivity index (χ0) is 13.7. The Hall–Kier alpha value is -1.39. The molecule has 4 rings (SSSR count). The van der Waals surface area contributed by atoms with Gasteiger partial charge in [0, 0.05) is 16.9 Å². The first kappa shape index (κ1) is 12.4. The van der Waals surface area contributed by atoms with E-state index in [2.05, 4.69) is 61.9 Å². The number of nitrogens with zero attached hydrogens (tertiary/aromatic N) is 1. The summed E-state index contributed by atoms with van der Waals surface area (Å²) in [5.74, 6) is 0.580. The first-order valence-electron chi connectivity index (χ1n) is 6.68. The van der Waals surface area contributed by atoms with Crippen LogP contribution in [-0.2, 0) is 13.0 Å². The third-order valence-corrected chi connectivity index (χ3v) is 4.92. The minimum Gasteiger partial charge on any atom is -0.331 e. The van der Waals surface area contributed by atoms with Crippen LogP contribution in [0.5, 0.6) is 0 Å². The number of H-pyrrole nitrogens is 1. The highest BCUT2D eigenvalue weighted by atomic mass is 79.9. The molecule has 0 saturated heterocycles. The van der Waals surface area contributed by atoms with Crippen molar-refractivity contribution in [3.05, 3.63) is 62.8 Å². The molecule has 1 N–H and O–H groups in total. The SMILES string of the molecule is S=c1[nH]c2ccc(Br)cc2n1CC1Cc2ccccc21. The maximum atomic E-state index is 5.48. The molecule has 0 spiro atoms. The van der Waals surface area contributed by atoms with E-state index in [0.717, 1.165) is 27.7 Å². The average molecular weight is 345 g/mol. The number of fused-ring (bicyclic) bond motifs is 2. The number of nitrogens with one attached hydrogen (secondary N) is 1. The summed E-state index contributed by atoms with van der Waals surface area (Å²) in [5, 5.41) is 0. The normalized spacial score (nSPS) is 16.9. The molecule has 2 aromatic carbocycles. The quantitative estimate of drug-likeness (QED) is 0.662. The summed E-state index contributed by atoms with van der Waals surface area (Å²) in [4.78, 5) is 3.29. The van der Waals surface area contributed by atoms with Crippen LogP contribution >= 0.6 is 28.1 Å². The van der Waals surface area contributed by atoms with Gasteiger partial charge in [-0.1, -0.05) is 40.2 Å². The first-order chi connectivity index (χ1) is 9.72. The number of imidazole rings is 1. The van der Waals surface area contributed by atoms with Crippen LogP contribution in [0.1, 0.15) is 17.0 Å². The van der Waals surface area contributed by atoms with Crippen molar-refractivity contribution in [1.82, 2.24) is 9.55 Å². The Kier molecular flexibility index (Phi) is 2.82. The van der Waals surface area contributed by atoms with Gasteiger partial charge in [-0.05, 0) is 48.0 Å². The van der Waals surface area contributed by atoms with Crippen LogP contribution < -0.4 is 0 Å². The fourth-order valence-electron chi connectivity index (χ4n) is 3.05. The number of aromatic amines is 1. The second kappa shape index (κ2) is 4.57. The lowest BCUT2D eigenvalue weighted by atomic mass is 9.77. The third-order valence-electron chi connectivity index (χ3n) is 4.10. The summed E-state index contributed by atoms with van der Waals surface area (Å²) in [7, 11) is 0. The largest absolute Gasteiger partial charge is 0.331 e. The minimum atomic E-state index is 0.580. The Morgan fingerprint density at radius 3 is 2.95 bits per heavy atom. The van der Waals surface area contributed by atoms with E-state index in [0.29, 0.717) is 5.92 Å². The second-order valence-electron chi connectivity index (χ2n) is 5.30. The van der Waals surface area contributed by atoms with Gasteiger partial charge in [0.05, 0.1) is 11.0 Å². The van der Waals surface area contributed by atoms with Crippen molar-refractivity contribution >= 4 is 39.2 Å². The number of aromatic nitrogens is 2. The van der Waals surface area contributed by atoms with Crippen LogP contribution in [0, 0.1) is 4.77 Å². The Morgan fingerprint density at radius 1 is 1.25 bits per heavy atom. The summed E-state index contributed by atoms with van der Waals surface area (Å²) >= 11 is 9.02. The number of halogens is 1. The summed E-state index contributed by atoms with van der Waals surface area (Å²) in [6.45, 7) is 0.951. The van der Waals surface area contributed by atoms with Gasteiger partial charge in [-0.2, -0.15) is 0 Å². The van der Waals surface area contributed by atoms with E-state index in [9.17, 15) is 0 Å². The molecule has 0 amide bonds. The lowest BCUT2D eigenvalue weighted by molar-refractivity contribution is 0.513. The van der Waals surface area contributed by atoms with Gasteiger partial charge in [-0.3, -0.25) is 0 Å². The molecule has 1 aromatic heterocycles. The summed E-state index contributed by atoms with van der Waals surface area (Å²) in [6.07, 6.45) is 1.15. The molecule has 0 radical (unpaired) electrons. The smallest absolute Gasteiger partial charge is 0.178 e. The highest BCUT2D eigenvalue weighted by Crippen LogP contribution is 2.36. The molecule has 100 valence electrons. The van der Waals surface area contributed by atoms with Crippen molar-refractivity contribution in [3.8, 4) is 0 Å². The predicted octanol–water partition coefficient (Wildman–Crippen LogP) is 4.80. The van der Waals surface area contributed by atoms with Crippen molar-refractivity contribution in [2.24, 2.45) is 0 Å². The van der Waals surface area contributed by atoms with Crippen LogP contribution in [0.2, 0.25) is 0 Å². The van der Waals surface area contributed by atoms with Crippen LogP contribution in [0.25, 0.3) is 11.0 Å². The van der Waals surface area contributed by atoms with Crippen molar-refractivity contribution < 1.29 is 0 Å². The van der Waals surface area contributed by atoms with Crippen molar-refractivity contribution in [3.63, 3.8) is 0 Å². The average Bonchev–Trinajstić information content (AvgIpc) is 2.72. The third kappa shape index (κ3) is 1.86. The van der Waals surface area contributed by atoms with Crippen molar-refractivity contribution in [2.75, 3.05) is 0 Å². The van der Waals surface area contributed by atoms with Crippen LogP contribution in [-0.4, -0.2) is 9.55 Å². The molecule has 20 heavy (non-hydrogen) atoms. The van der Waals surface area contributed by atoms with Gasteiger partial charge < -0.3 is 9.55 Å². The van der Waals surface area contributed by atoms with E-state index >= 15 is 0 Å². The fourth-order valence-corrected chi connectivity index (χ4v) is 3.68. The molecule has 0 fully saturated rings. The number of benzene rings is 2. The highest BCUT2D eigenvalue weighted by molar-refractivity contribution is 9.10. The van der Waals surface area contributed by atoms with Gasteiger partial charge >= 0.3 is 0 Å². The monoisotopic (exact) mass is 344 g/mol. The van der Waals surface area contributed by atoms with E-state index in [1.807, 2.05) is 6.07 Å². The van der Waals surface area contributed by atoms with Crippen molar-refractivity contribution in [1.29, 1.82) is 0 Å². The van der Waals surface area contributed by atoms with E-state index in [1.54, 1.807) is 0 Å². The Bertz CT molecular complexity index is 862. The number of rotatable bonds is 2. The summed E-state index contributed by atoms with van der Waals surface area (Å²) in [5.41, 5.74) is 5.23. The maximum absolute atomic E-state index is 5.48. The molecule has 1 atom stereocenters. The molecule has 1 aliphatic rings. The zero-order valence-electron chi connectivity index (χ0n) is 10.8. The fraction of sp³-hybridized carbons (Fsp3) is 0.188. The van der Waals surface area contributed by atoms with Crippen LogP contribution in [0.3, 0.4) is 0 Å². The molecule has 4 heteroatoms. The molecule has 0 bridgehead atoms. The van der Waals surface area contributed by atoms with Crippen LogP contribution in [0.4, 0.5) is 0 Å². The predicted molar refractivity (Wildman–Crippen MR) is 87.7 cm³/mol. The van der Waals surface area contributed by atoms with Crippen molar-refractivity contribution in [2.45, 2.75) is 18.9 Å². The highest BCUT2D eigenvalue weighted by Gasteiger charge is 2.26. The van der Waals surface area contributed by atoms with Gasteiger partial charge in [0.15, 0.2) is 4.77 Å². The van der Waals surface area contributed by atoms with E-state index in [-0.39, 0.29) is 0 Å². The zero-order valence-corrected chi connectivity index (χ0v) is 13.2. The first-order valence-corrected chi connectivity index (χ1v) is 7.88. The van der Waals surface area contributed by atoms with Gasteiger partial charge in [-0.25, -0.2) is 0 Å². The molecule has 1 heterocycles. The van der Waals surface area contributed by atoms with Gasteiger partial charge in [0.25, 0.3) is 0 Å². The molecular weight excluding hydrogens is 332 g/mol.